The fourth-order valence-electron chi connectivity index (χ4n) is 1.57. The van der Waals surface area contributed by atoms with Gasteiger partial charge in [-0.2, -0.15) is 0 Å². The van der Waals surface area contributed by atoms with Crippen LogP contribution >= 0.6 is 12.2 Å². The van der Waals surface area contributed by atoms with E-state index in [0.717, 1.165) is 13.0 Å². The molecule has 5 nitrogen and oxygen atoms in total. The molecule has 0 saturated carbocycles. The number of H-pyrrole nitrogens is 1. The Balaban J connectivity index is 1.78. The van der Waals surface area contributed by atoms with Gasteiger partial charge in [0.25, 0.3) is 0 Å². The van der Waals surface area contributed by atoms with Crippen LogP contribution in [0.3, 0.4) is 0 Å². The molecule has 0 radical (unpaired) electrons. The van der Waals surface area contributed by atoms with Crippen molar-refractivity contribution in [2.24, 2.45) is 0 Å². The third kappa shape index (κ3) is 4.51. The largest absolute Gasteiger partial charge is 0.362 e. The first kappa shape index (κ1) is 13.2. The van der Waals surface area contributed by atoms with Gasteiger partial charge in [0, 0.05) is 12.7 Å². The van der Waals surface area contributed by atoms with E-state index in [4.69, 9.17) is 12.2 Å². The van der Waals surface area contributed by atoms with E-state index in [1.807, 2.05) is 18.2 Å². The van der Waals surface area contributed by atoms with Gasteiger partial charge in [-0.25, -0.2) is 9.78 Å². The Morgan fingerprint density at radius 1 is 1.26 bits per heavy atom. The number of rotatable bonds is 4. The van der Waals surface area contributed by atoms with Gasteiger partial charge < -0.3 is 10.6 Å². The van der Waals surface area contributed by atoms with Crippen LogP contribution in [0.5, 0.6) is 0 Å². The summed E-state index contributed by atoms with van der Waals surface area (Å²) in [6.07, 6.45) is 2.31. The van der Waals surface area contributed by atoms with E-state index < -0.39 is 5.69 Å². The first-order valence-corrected chi connectivity index (χ1v) is 6.29. The zero-order valence-electron chi connectivity index (χ0n) is 10.2. The SMILES string of the molecule is O=c1nccc(NC(=S)NCCc2ccccc2)[nH]1. The maximum absolute atomic E-state index is 11.0. The van der Waals surface area contributed by atoms with E-state index in [1.54, 1.807) is 6.07 Å². The lowest BCUT2D eigenvalue weighted by atomic mass is 10.1. The third-order valence-electron chi connectivity index (χ3n) is 2.46. The summed E-state index contributed by atoms with van der Waals surface area (Å²) in [7, 11) is 0. The highest BCUT2D eigenvalue weighted by atomic mass is 32.1. The number of hydrogen-bond donors (Lipinski definition) is 3. The minimum absolute atomic E-state index is 0.405. The molecule has 0 atom stereocenters. The molecule has 98 valence electrons. The maximum Gasteiger partial charge on any atom is 0.346 e. The van der Waals surface area contributed by atoms with Gasteiger partial charge in [0.05, 0.1) is 0 Å². The number of benzene rings is 1. The van der Waals surface area contributed by atoms with Crippen LogP contribution in [0.2, 0.25) is 0 Å². The monoisotopic (exact) mass is 274 g/mol. The van der Waals surface area contributed by atoms with Crippen LogP contribution in [0.4, 0.5) is 5.82 Å². The van der Waals surface area contributed by atoms with Crippen molar-refractivity contribution in [3.05, 3.63) is 58.6 Å². The Bertz CT molecular complexity index is 597. The summed E-state index contributed by atoms with van der Waals surface area (Å²) in [5.41, 5.74) is 0.840. The molecule has 1 heterocycles. The Kier molecular flexibility index (Phi) is 4.63. The van der Waals surface area contributed by atoms with Crippen molar-refractivity contribution in [1.29, 1.82) is 0 Å². The molecule has 0 amide bonds. The molecule has 0 spiro atoms. The molecule has 0 saturated heterocycles. The maximum atomic E-state index is 11.0. The van der Waals surface area contributed by atoms with Crippen LogP contribution < -0.4 is 16.3 Å². The highest BCUT2D eigenvalue weighted by molar-refractivity contribution is 7.80. The fourth-order valence-corrected chi connectivity index (χ4v) is 1.79. The van der Waals surface area contributed by atoms with Crippen molar-refractivity contribution < 1.29 is 0 Å². The highest BCUT2D eigenvalue weighted by Gasteiger charge is 1.98. The number of nitrogens with one attached hydrogen (secondary N) is 3. The molecule has 2 rings (SSSR count). The zero-order valence-corrected chi connectivity index (χ0v) is 11.0. The molecule has 0 fully saturated rings. The Morgan fingerprint density at radius 3 is 2.79 bits per heavy atom. The van der Waals surface area contributed by atoms with Crippen molar-refractivity contribution in [2.75, 3.05) is 11.9 Å². The second-order valence-electron chi connectivity index (χ2n) is 3.91. The van der Waals surface area contributed by atoms with Crippen LogP contribution in [0, 0.1) is 0 Å². The van der Waals surface area contributed by atoms with Crippen LogP contribution in [0.1, 0.15) is 5.56 Å². The summed E-state index contributed by atoms with van der Waals surface area (Å²) in [6.45, 7) is 0.727. The third-order valence-corrected chi connectivity index (χ3v) is 2.71. The predicted molar refractivity (Wildman–Crippen MR) is 79.2 cm³/mol. The summed E-state index contributed by atoms with van der Waals surface area (Å²) in [6, 6.07) is 11.8. The number of anilines is 1. The number of thiocarbonyl (C=S) groups is 1. The number of aromatic nitrogens is 2. The number of nitrogens with zero attached hydrogens (tertiary/aromatic N) is 1. The van der Waals surface area contributed by atoms with Crippen molar-refractivity contribution >= 4 is 23.1 Å². The van der Waals surface area contributed by atoms with Crippen LogP contribution in [0.25, 0.3) is 0 Å². The molecular weight excluding hydrogens is 260 g/mol. The van der Waals surface area contributed by atoms with Gasteiger partial charge in [-0.05, 0) is 30.3 Å². The Labute approximate surface area is 116 Å². The minimum Gasteiger partial charge on any atom is -0.362 e. The fraction of sp³-hybridized carbons (Fsp3) is 0.154. The van der Waals surface area contributed by atoms with Gasteiger partial charge >= 0.3 is 5.69 Å². The van der Waals surface area contributed by atoms with Crippen LogP contribution in [-0.4, -0.2) is 21.6 Å². The summed E-state index contributed by atoms with van der Waals surface area (Å²) in [5.74, 6) is 0.525. The molecule has 3 N–H and O–H groups in total. The molecule has 1 aromatic carbocycles. The topological polar surface area (TPSA) is 69.8 Å². The average Bonchev–Trinajstić information content (AvgIpc) is 2.40. The van der Waals surface area contributed by atoms with Gasteiger partial charge in [0.15, 0.2) is 5.11 Å². The van der Waals surface area contributed by atoms with E-state index in [9.17, 15) is 4.79 Å². The number of aromatic amines is 1. The first-order valence-electron chi connectivity index (χ1n) is 5.88. The average molecular weight is 274 g/mol. The first-order chi connectivity index (χ1) is 9.24. The molecule has 6 heteroatoms. The second-order valence-corrected chi connectivity index (χ2v) is 4.31. The van der Waals surface area contributed by atoms with Crippen LogP contribution in [-0.2, 0) is 6.42 Å². The lowest BCUT2D eigenvalue weighted by molar-refractivity contribution is 0.872. The molecule has 0 bridgehead atoms. The molecule has 19 heavy (non-hydrogen) atoms. The van der Waals surface area contributed by atoms with Crippen molar-refractivity contribution in [3.63, 3.8) is 0 Å². The summed E-state index contributed by atoms with van der Waals surface area (Å²) < 4.78 is 0. The quantitative estimate of drug-likeness (QED) is 0.733. The van der Waals surface area contributed by atoms with E-state index in [-0.39, 0.29) is 0 Å². The van der Waals surface area contributed by atoms with Crippen molar-refractivity contribution in [3.8, 4) is 0 Å². The van der Waals surface area contributed by atoms with Gasteiger partial charge in [0.1, 0.15) is 5.82 Å². The summed E-state index contributed by atoms with van der Waals surface area (Å²) in [5, 5.41) is 6.44. The minimum atomic E-state index is -0.405. The van der Waals surface area contributed by atoms with E-state index in [2.05, 4.69) is 32.7 Å². The van der Waals surface area contributed by atoms with Gasteiger partial charge in [-0.15, -0.1) is 0 Å². The van der Waals surface area contributed by atoms with Gasteiger partial charge in [-0.1, -0.05) is 30.3 Å². The van der Waals surface area contributed by atoms with E-state index in [0.29, 0.717) is 10.9 Å². The molecular formula is C13H14N4OS. The van der Waals surface area contributed by atoms with Gasteiger partial charge in [0.2, 0.25) is 0 Å². The molecule has 0 aliphatic rings. The number of hydrogen-bond acceptors (Lipinski definition) is 3. The van der Waals surface area contributed by atoms with Crippen molar-refractivity contribution in [1.82, 2.24) is 15.3 Å². The second kappa shape index (κ2) is 6.65. The summed E-state index contributed by atoms with van der Waals surface area (Å²) >= 11 is 5.13. The predicted octanol–water partition coefficient (Wildman–Crippen LogP) is 1.30. The molecule has 0 aliphatic heterocycles. The molecule has 1 aromatic heterocycles. The van der Waals surface area contributed by atoms with Crippen LogP contribution in [0.15, 0.2) is 47.4 Å². The smallest absolute Gasteiger partial charge is 0.346 e. The standard InChI is InChI=1S/C13H14N4OS/c18-12-14-9-7-11(16-12)17-13(19)15-8-6-10-4-2-1-3-5-10/h1-5,7,9H,6,8H2,(H3,14,15,16,17,18,19). The molecule has 2 aromatic rings. The lowest BCUT2D eigenvalue weighted by Gasteiger charge is -2.09. The normalized spacial score (nSPS) is 9.89. The van der Waals surface area contributed by atoms with Crippen molar-refractivity contribution in [2.45, 2.75) is 6.42 Å². The van der Waals surface area contributed by atoms with Gasteiger partial charge in [-0.3, -0.25) is 4.98 Å². The van der Waals surface area contributed by atoms with E-state index in [1.165, 1.54) is 11.8 Å². The molecule has 0 aliphatic carbocycles. The van der Waals surface area contributed by atoms with E-state index >= 15 is 0 Å². The zero-order chi connectivity index (χ0) is 13.5. The molecule has 0 unspecified atom stereocenters. The highest BCUT2D eigenvalue weighted by Crippen LogP contribution is 1.99. The summed E-state index contributed by atoms with van der Waals surface area (Å²) in [4.78, 5) is 17.1. The lowest BCUT2D eigenvalue weighted by Crippen LogP contribution is -2.31. The Morgan fingerprint density at radius 2 is 2.05 bits per heavy atom. The Hall–Kier alpha value is -2.21.